The first-order valence-electron chi connectivity index (χ1n) is 5.96. The average Bonchev–Trinajstić information content (AvgIpc) is 2.85. The fourth-order valence-electron chi connectivity index (χ4n) is 1.42. The number of aliphatic hydroxyl groups is 1. The van der Waals surface area contributed by atoms with Crippen LogP contribution >= 0.6 is 11.8 Å². The standard InChI is InChI=1S/C13H15FN2O2S/c1-8(9(2)17)13-15-12(16-18-13)7-19-11-6-4-3-5-10(11)14/h3-6,8-9,17H,7H2,1-2H3. The number of thioether (sulfide) groups is 1. The van der Waals surface area contributed by atoms with Crippen LogP contribution in [0.4, 0.5) is 4.39 Å². The topological polar surface area (TPSA) is 59.2 Å². The van der Waals surface area contributed by atoms with Gasteiger partial charge in [-0.05, 0) is 19.1 Å². The fraction of sp³-hybridized carbons (Fsp3) is 0.385. The van der Waals surface area contributed by atoms with Crippen LogP contribution in [0.2, 0.25) is 0 Å². The Morgan fingerprint density at radius 2 is 2.11 bits per heavy atom. The highest BCUT2D eigenvalue weighted by Crippen LogP contribution is 2.25. The molecule has 102 valence electrons. The van der Waals surface area contributed by atoms with E-state index in [1.807, 2.05) is 6.92 Å². The third kappa shape index (κ3) is 3.54. The van der Waals surface area contributed by atoms with Gasteiger partial charge in [-0.1, -0.05) is 24.2 Å². The number of aliphatic hydroxyl groups excluding tert-OH is 1. The Labute approximate surface area is 115 Å². The molecule has 0 saturated heterocycles. The number of benzene rings is 1. The second-order valence-electron chi connectivity index (χ2n) is 4.30. The van der Waals surface area contributed by atoms with Crippen molar-refractivity contribution >= 4 is 11.8 Å². The lowest BCUT2D eigenvalue weighted by Gasteiger charge is -2.07. The van der Waals surface area contributed by atoms with Gasteiger partial charge in [-0.25, -0.2) is 4.39 Å². The molecule has 1 N–H and O–H groups in total. The summed E-state index contributed by atoms with van der Waals surface area (Å²) in [6.07, 6.45) is -0.549. The molecule has 2 unspecified atom stereocenters. The maximum absolute atomic E-state index is 13.4. The van der Waals surface area contributed by atoms with Gasteiger partial charge in [-0.15, -0.1) is 11.8 Å². The van der Waals surface area contributed by atoms with Crippen LogP contribution in [0.5, 0.6) is 0 Å². The molecule has 1 aromatic heterocycles. The molecule has 0 aliphatic heterocycles. The summed E-state index contributed by atoms with van der Waals surface area (Å²) in [6, 6.07) is 6.55. The molecule has 0 bridgehead atoms. The molecule has 0 aliphatic carbocycles. The first kappa shape index (κ1) is 14.0. The highest BCUT2D eigenvalue weighted by molar-refractivity contribution is 7.98. The summed E-state index contributed by atoms with van der Waals surface area (Å²) in [4.78, 5) is 4.75. The van der Waals surface area contributed by atoms with E-state index in [0.717, 1.165) is 0 Å². The van der Waals surface area contributed by atoms with E-state index in [2.05, 4.69) is 10.1 Å². The Morgan fingerprint density at radius 1 is 1.37 bits per heavy atom. The van der Waals surface area contributed by atoms with Crippen LogP contribution in [-0.4, -0.2) is 21.4 Å². The van der Waals surface area contributed by atoms with Crippen LogP contribution < -0.4 is 0 Å². The molecule has 0 saturated carbocycles. The van der Waals surface area contributed by atoms with E-state index in [1.54, 1.807) is 25.1 Å². The zero-order chi connectivity index (χ0) is 13.8. The lowest BCUT2D eigenvalue weighted by Crippen LogP contribution is -2.11. The summed E-state index contributed by atoms with van der Waals surface area (Å²) < 4.78 is 18.5. The molecule has 19 heavy (non-hydrogen) atoms. The number of rotatable bonds is 5. The van der Waals surface area contributed by atoms with Crippen molar-refractivity contribution in [1.29, 1.82) is 0 Å². The van der Waals surface area contributed by atoms with Gasteiger partial charge in [0.1, 0.15) is 5.82 Å². The lowest BCUT2D eigenvalue weighted by atomic mass is 10.1. The number of halogens is 1. The summed E-state index contributed by atoms with van der Waals surface area (Å²) in [6.45, 7) is 3.48. The minimum Gasteiger partial charge on any atom is -0.393 e. The number of aromatic nitrogens is 2. The minimum atomic E-state index is -0.549. The van der Waals surface area contributed by atoms with Crippen molar-refractivity contribution in [1.82, 2.24) is 10.1 Å². The largest absolute Gasteiger partial charge is 0.393 e. The van der Waals surface area contributed by atoms with Gasteiger partial charge in [-0.2, -0.15) is 4.98 Å². The maximum Gasteiger partial charge on any atom is 0.232 e. The predicted molar refractivity (Wildman–Crippen MR) is 70.4 cm³/mol. The van der Waals surface area contributed by atoms with Gasteiger partial charge >= 0.3 is 0 Å². The third-order valence-electron chi connectivity index (χ3n) is 2.79. The quantitative estimate of drug-likeness (QED) is 0.854. The van der Waals surface area contributed by atoms with Crippen molar-refractivity contribution < 1.29 is 14.0 Å². The van der Waals surface area contributed by atoms with Crippen LogP contribution in [0, 0.1) is 5.82 Å². The van der Waals surface area contributed by atoms with Gasteiger partial charge in [-0.3, -0.25) is 0 Å². The minimum absolute atomic E-state index is 0.209. The Bertz CT molecular complexity index is 545. The first-order chi connectivity index (χ1) is 9.08. The summed E-state index contributed by atoms with van der Waals surface area (Å²) in [5.41, 5.74) is 0. The van der Waals surface area contributed by atoms with Gasteiger partial charge in [0.15, 0.2) is 5.82 Å². The molecular formula is C13H15FN2O2S. The van der Waals surface area contributed by atoms with E-state index in [0.29, 0.717) is 22.4 Å². The first-order valence-corrected chi connectivity index (χ1v) is 6.94. The summed E-state index contributed by atoms with van der Waals surface area (Å²) >= 11 is 1.31. The van der Waals surface area contributed by atoms with Crippen molar-refractivity contribution in [3.05, 3.63) is 41.8 Å². The summed E-state index contributed by atoms with van der Waals surface area (Å²) in [5, 5.41) is 13.3. The van der Waals surface area contributed by atoms with Crippen molar-refractivity contribution in [3.63, 3.8) is 0 Å². The molecule has 0 aliphatic rings. The van der Waals surface area contributed by atoms with Crippen molar-refractivity contribution in [2.45, 2.75) is 36.5 Å². The van der Waals surface area contributed by atoms with Gasteiger partial charge in [0.2, 0.25) is 5.89 Å². The molecule has 0 spiro atoms. The summed E-state index contributed by atoms with van der Waals surface area (Å²) in [7, 11) is 0. The fourth-order valence-corrected chi connectivity index (χ4v) is 2.20. The number of nitrogens with zero attached hydrogens (tertiary/aromatic N) is 2. The average molecular weight is 282 g/mol. The third-order valence-corrected chi connectivity index (χ3v) is 3.83. The Hall–Kier alpha value is -1.40. The highest BCUT2D eigenvalue weighted by Gasteiger charge is 2.18. The van der Waals surface area contributed by atoms with E-state index in [-0.39, 0.29) is 11.7 Å². The van der Waals surface area contributed by atoms with E-state index >= 15 is 0 Å². The van der Waals surface area contributed by atoms with Gasteiger partial charge in [0.05, 0.1) is 17.8 Å². The van der Waals surface area contributed by atoms with E-state index in [4.69, 9.17) is 4.52 Å². The molecule has 6 heteroatoms. The molecule has 2 rings (SSSR count). The van der Waals surface area contributed by atoms with Crippen LogP contribution in [0.25, 0.3) is 0 Å². The highest BCUT2D eigenvalue weighted by atomic mass is 32.2. The van der Waals surface area contributed by atoms with Crippen LogP contribution in [0.3, 0.4) is 0 Å². The smallest absolute Gasteiger partial charge is 0.232 e. The number of hydrogen-bond donors (Lipinski definition) is 1. The molecule has 2 aromatic rings. The maximum atomic E-state index is 13.4. The predicted octanol–water partition coefficient (Wildman–Crippen LogP) is 2.99. The molecule has 1 heterocycles. The van der Waals surface area contributed by atoms with E-state index in [9.17, 15) is 9.50 Å². The molecule has 4 nitrogen and oxygen atoms in total. The molecule has 2 atom stereocenters. The van der Waals surface area contributed by atoms with Gasteiger partial charge in [0.25, 0.3) is 0 Å². The normalized spacial score (nSPS) is 14.3. The van der Waals surface area contributed by atoms with Crippen LogP contribution in [0.15, 0.2) is 33.7 Å². The van der Waals surface area contributed by atoms with Gasteiger partial charge < -0.3 is 9.63 Å². The Morgan fingerprint density at radius 3 is 2.79 bits per heavy atom. The Balaban J connectivity index is 1.99. The monoisotopic (exact) mass is 282 g/mol. The number of hydrogen-bond acceptors (Lipinski definition) is 5. The zero-order valence-electron chi connectivity index (χ0n) is 10.7. The molecule has 0 amide bonds. The van der Waals surface area contributed by atoms with Crippen molar-refractivity contribution in [3.8, 4) is 0 Å². The second kappa shape index (κ2) is 6.16. The zero-order valence-corrected chi connectivity index (χ0v) is 11.5. The summed E-state index contributed by atoms with van der Waals surface area (Å²) in [5.74, 6) is 0.861. The molecule has 0 radical (unpaired) electrons. The molecular weight excluding hydrogens is 267 g/mol. The molecule has 0 fully saturated rings. The van der Waals surface area contributed by atoms with E-state index in [1.165, 1.54) is 17.8 Å². The lowest BCUT2D eigenvalue weighted by molar-refractivity contribution is 0.151. The SMILES string of the molecule is CC(O)C(C)c1nc(CSc2ccccc2F)no1. The van der Waals surface area contributed by atoms with Crippen molar-refractivity contribution in [2.75, 3.05) is 0 Å². The van der Waals surface area contributed by atoms with Crippen LogP contribution in [-0.2, 0) is 5.75 Å². The van der Waals surface area contributed by atoms with Gasteiger partial charge in [0, 0.05) is 4.90 Å². The Kier molecular flexibility index (Phi) is 4.55. The van der Waals surface area contributed by atoms with Crippen molar-refractivity contribution in [2.24, 2.45) is 0 Å². The second-order valence-corrected chi connectivity index (χ2v) is 5.31. The van der Waals surface area contributed by atoms with Crippen LogP contribution in [0.1, 0.15) is 31.5 Å². The van der Waals surface area contributed by atoms with E-state index < -0.39 is 6.10 Å². The molecule has 1 aromatic carbocycles.